The molecule has 12 heteroatoms. The normalized spacial score (nSPS) is 14.6. The number of rotatable bonds is 13. The molecule has 1 N–H and O–H groups in total. The first-order valence-electron chi connectivity index (χ1n) is 16.1. The van der Waals surface area contributed by atoms with Gasteiger partial charge in [-0.3, -0.25) is 14.5 Å². The number of fused-ring (bicyclic) bond motifs is 2. The Kier molecular flexibility index (Phi) is 9.46. The molecule has 2 aromatic heterocycles. The molecular weight excluding hydrogens is 675 g/mol. The van der Waals surface area contributed by atoms with Gasteiger partial charge in [0.25, 0.3) is 5.91 Å². The minimum Gasteiger partial charge on any atom is -0.503 e. The first-order valence-corrected chi connectivity index (χ1v) is 17.9. The Hall–Kier alpha value is -5.33. The van der Waals surface area contributed by atoms with Crippen molar-refractivity contribution < 1.29 is 33.3 Å². The van der Waals surface area contributed by atoms with Gasteiger partial charge in [0.05, 0.1) is 31.9 Å². The molecule has 1 aliphatic rings. The van der Waals surface area contributed by atoms with Gasteiger partial charge in [-0.2, -0.15) is 0 Å². The number of para-hydroxylation sites is 1. The summed E-state index contributed by atoms with van der Waals surface area (Å²) in [4.78, 5) is 29.6. The Labute approximate surface area is 296 Å². The molecular formula is C38H33N3O7S2. The zero-order valence-corrected chi connectivity index (χ0v) is 29.2. The second-order valence-electron chi connectivity index (χ2n) is 11.4. The highest BCUT2D eigenvalue weighted by atomic mass is 32.2. The maximum Gasteiger partial charge on any atom is 0.296 e. The van der Waals surface area contributed by atoms with Crippen LogP contribution >= 0.6 is 23.1 Å². The summed E-state index contributed by atoms with van der Waals surface area (Å²) >= 11 is 2.70. The smallest absolute Gasteiger partial charge is 0.296 e. The third-order valence-corrected chi connectivity index (χ3v) is 10.4. The number of ether oxygens (including phenoxy) is 3. The Morgan fingerprint density at radius 1 is 0.940 bits per heavy atom. The zero-order valence-electron chi connectivity index (χ0n) is 27.5. The van der Waals surface area contributed by atoms with Crippen LogP contribution in [0.2, 0.25) is 0 Å². The van der Waals surface area contributed by atoms with Crippen LogP contribution in [-0.2, 0) is 10.5 Å². The Morgan fingerprint density at radius 2 is 1.74 bits per heavy atom. The number of aliphatic hydroxyl groups excluding tert-OH is 1. The van der Waals surface area contributed by atoms with Crippen molar-refractivity contribution in [2.75, 3.05) is 25.2 Å². The van der Waals surface area contributed by atoms with Crippen molar-refractivity contribution in [1.82, 2.24) is 10.2 Å². The number of carbonyl (C=O) groups excluding carboxylic acids is 2. The number of aromatic nitrogens is 2. The van der Waals surface area contributed by atoms with E-state index >= 15 is 0 Å². The van der Waals surface area contributed by atoms with Crippen molar-refractivity contribution in [3.63, 3.8) is 0 Å². The number of ketones is 1. The summed E-state index contributed by atoms with van der Waals surface area (Å²) in [6.07, 6.45) is 0.799. The second-order valence-corrected chi connectivity index (χ2v) is 13.6. The molecule has 10 nitrogen and oxygen atoms in total. The van der Waals surface area contributed by atoms with Crippen LogP contribution in [-0.4, -0.2) is 47.3 Å². The number of thioether (sulfide) groups is 1. The first-order chi connectivity index (χ1) is 24.4. The maximum absolute atomic E-state index is 14.3. The number of aliphatic hydroxyl groups is 1. The Balaban J connectivity index is 1.27. The molecule has 1 amide bonds. The van der Waals surface area contributed by atoms with Gasteiger partial charge in [-0.05, 0) is 59.5 Å². The topological polar surface area (TPSA) is 124 Å². The number of nitrogens with zero attached hydrogens (tertiary/aromatic N) is 3. The van der Waals surface area contributed by atoms with E-state index in [1.54, 1.807) is 42.5 Å². The fourth-order valence-corrected chi connectivity index (χ4v) is 7.87. The molecule has 0 saturated carbocycles. The minimum absolute atomic E-state index is 0.0535. The molecule has 1 aliphatic heterocycles. The standard InChI is InChI=1S/C38H33N3O7S2/c1-4-18-47-27-17-16-23(19-29(27)46-5-2)32-31(33(42)30-20-24-12-9-15-28(45-3)35(24)48-30)34(43)36(44)41(32)37-39-40-38(50-37)49-21-25-13-8-11-22-10-6-7-14-26(22)25/h6-17,19-20,32,43H,4-5,18,21H2,1-3H3. The van der Waals surface area contributed by atoms with Crippen molar-refractivity contribution in [3.8, 4) is 17.2 Å². The average Bonchev–Trinajstić information content (AvgIpc) is 3.86. The van der Waals surface area contributed by atoms with E-state index in [9.17, 15) is 14.7 Å². The van der Waals surface area contributed by atoms with Gasteiger partial charge in [-0.25, -0.2) is 0 Å². The van der Waals surface area contributed by atoms with E-state index in [4.69, 9.17) is 18.6 Å². The van der Waals surface area contributed by atoms with Crippen LogP contribution < -0.4 is 19.1 Å². The molecule has 0 aliphatic carbocycles. The highest BCUT2D eigenvalue weighted by molar-refractivity contribution is 8.00. The summed E-state index contributed by atoms with van der Waals surface area (Å²) in [5.41, 5.74) is 1.87. The fraction of sp³-hybridized carbons (Fsp3) is 0.211. The SMILES string of the molecule is CCCOc1ccc(C2C(C(=O)c3cc4cccc(OC)c4o3)=C(O)C(=O)N2c2nnc(SCc3cccc4ccccc34)s2)cc1OCC. The van der Waals surface area contributed by atoms with E-state index in [1.807, 2.05) is 32.0 Å². The lowest BCUT2D eigenvalue weighted by Gasteiger charge is -2.24. The summed E-state index contributed by atoms with van der Waals surface area (Å²) in [5, 5.41) is 23.4. The second kappa shape index (κ2) is 14.3. The summed E-state index contributed by atoms with van der Waals surface area (Å²) in [7, 11) is 1.51. The van der Waals surface area contributed by atoms with E-state index in [0.29, 0.717) is 57.1 Å². The van der Waals surface area contributed by atoms with Gasteiger partial charge in [-0.15, -0.1) is 10.2 Å². The van der Waals surface area contributed by atoms with Crippen molar-refractivity contribution in [3.05, 3.63) is 113 Å². The van der Waals surface area contributed by atoms with Crippen LogP contribution in [0.25, 0.3) is 21.7 Å². The predicted octanol–water partition coefficient (Wildman–Crippen LogP) is 8.71. The van der Waals surface area contributed by atoms with Gasteiger partial charge < -0.3 is 23.7 Å². The van der Waals surface area contributed by atoms with E-state index in [0.717, 1.165) is 22.8 Å². The van der Waals surface area contributed by atoms with Crippen LogP contribution in [0.3, 0.4) is 0 Å². The van der Waals surface area contributed by atoms with E-state index in [-0.39, 0.29) is 16.5 Å². The molecule has 6 aromatic rings. The van der Waals surface area contributed by atoms with Crippen LogP contribution in [0.5, 0.6) is 17.2 Å². The van der Waals surface area contributed by atoms with Crippen LogP contribution in [0.15, 0.2) is 105 Å². The maximum atomic E-state index is 14.3. The van der Waals surface area contributed by atoms with Gasteiger partial charge in [0.2, 0.25) is 10.9 Å². The van der Waals surface area contributed by atoms with Gasteiger partial charge >= 0.3 is 0 Å². The molecule has 0 bridgehead atoms. The third kappa shape index (κ3) is 6.16. The quantitative estimate of drug-likeness (QED) is 0.0708. The summed E-state index contributed by atoms with van der Waals surface area (Å²) in [6.45, 7) is 4.71. The molecule has 1 unspecified atom stereocenters. The number of methoxy groups -OCH3 is 1. The number of anilines is 1. The van der Waals surface area contributed by atoms with Gasteiger partial charge in [-0.1, -0.05) is 90.7 Å². The van der Waals surface area contributed by atoms with Crippen LogP contribution in [0.1, 0.15) is 48.0 Å². The van der Waals surface area contributed by atoms with E-state index in [2.05, 4.69) is 34.5 Å². The molecule has 0 saturated heterocycles. The molecule has 0 fully saturated rings. The monoisotopic (exact) mass is 707 g/mol. The van der Waals surface area contributed by atoms with Gasteiger partial charge in [0.15, 0.2) is 38.7 Å². The predicted molar refractivity (Wildman–Crippen MR) is 194 cm³/mol. The number of hydrogen-bond acceptors (Lipinski definition) is 11. The molecule has 254 valence electrons. The fourth-order valence-electron chi connectivity index (χ4n) is 6.00. The lowest BCUT2D eigenvalue weighted by Crippen LogP contribution is -2.31. The summed E-state index contributed by atoms with van der Waals surface area (Å²) < 4.78 is 23.9. The van der Waals surface area contributed by atoms with Crippen molar-refractivity contribution in [2.45, 2.75) is 36.4 Å². The highest BCUT2D eigenvalue weighted by Gasteiger charge is 2.47. The molecule has 3 heterocycles. The number of Topliss-reactive ketones (excluding diaryl/α,β-unsaturated/α-hetero) is 1. The number of amides is 1. The highest BCUT2D eigenvalue weighted by Crippen LogP contribution is 2.46. The molecule has 7 rings (SSSR count). The van der Waals surface area contributed by atoms with Crippen molar-refractivity contribution in [2.24, 2.45) is 0 Å². The summed E-state index contributed by atoms with van der Waals surface area (Å²) in [5.74, 6) is -0.125. The zero-order chi connectivity index (χ0) is 34.8. The number of carbonyl (C=O) groups is 2. The molecule has 4 aromatic carbocycles. The minimum atomic E-state index is -1.08. The average molecular weight is 708 g/mol. The number of benzene rings is 4. The number of hydrogen-bond donors (Lipinski definition) is 1. The molecule has 1 atom stereocenters. The van der Waals surface area contributed by atoms with Crippen molar-refractivity contribution in [1.29, 1.82) is 0 Å². The van der Waals surface area contributed by atoms with Crippen LogP contribution in [0, 0.1) is 0 Å². The lowest BCUT2D eigenvalue weighted by molar-refractivity contribution is -0.117. The molecule has 50 heavy (non-hydrogen) atoms. The third-order valence-electron chi connectivity index (χ3n) is 8.28. The Morgan fingerprint density at radius 3 is 2.56 bits per heavy atom. The van der Waals surface area contributed by atoms with Crippen LogP contribution in [0.4, 0.5) is 5.13 Å². The Bertz CT molecular complexity index is 2250. The first kappa shape index (κ1) is 33.2. The lowest BCUT2D eigenvalue weighted by atomic mass is 9.95. The van der Waals surface area contributed by atoms with E-state index < -0.39 is 23.5 Å². The van der Waals surface area contributed by atoms with Gasteiger partial charge in [0.1, 0.15) is 0 Å². The molecule has 0 radical (unpaired) electrons. The van der Waals surface area contributed by atoms with Gasteiger partial charge in [0, 0.05) is 11.1 Å². The summed E-state index contributed by atoms with van der Waals surface area (Å²) in [6, 6.07) is 25.4. The van der Waals surface area contributed by atoms with E-state index in [1.165, 1.54) is 35.1 Å². The largest absolute Gasteiger partial charge is 0.503 e. The molecule has 0 spiro atoms. The van der Waals surface area contributed by atoms with Crippen molar-refractivity contribution >= 4 is 61.7 Å². The number of furan rings is 1.